The maximum absolute atomic E-state index is 12.1. The summed E-state index contributed by atoms with van der Waals surface area (Å²) in [4.78, 5) is 12.1. The summed E-state index contributed by atoms with van der Waals surface area (Å²) in [6, 6.07) is 10.0. The van der Waals surface area contributed by atoms with Gasteiger partial charge in [0.2, 0.25) is 0 Å². The molecule has 104 valence electrons. The number of aryl methyl sites for hydroxylation is 1. The number of hydrogen-bond donors (Lipinski definition) is 2. The van der Waals surface area contributed by atoms with E-state index in [9.17, 15) is 9.90 Å². The number of anilines is 1. The Kier molecular flexibility index (Phi) is 4.29. The number of aromatic hydroxyl groups is 1. The molecular weight excluding hydrogens is 322 g/mol. The van der Waals surface area contributed by atoms with Crippen LogP contribution in [0.25, 0.3) is 0 Å². The van der Waals surface area contributed by atoms with Crippen LogP contribution in [0.1, 0.15) is 15.9 Å². The Labute approximate surface area is 125 Å². The molecule has 0 spiro atoms. The highest BCUT2D eigenvalue weighted by Gasteiger charge is 2.09. The second kappa shape index (κ2) is 5.96. The van der Waals surface area contributed by atoms with Gasteiger partial charge in [0.05, 0.1) is 11.6 Å². The maximum atomic E-state index is 12.1. The topological polar surface area (TPSA) is 58.6 Å². The Morgan fingerprint density at radius 1 is 1.25 bits per heavy atom. The van der Waals surface area contributed by atoms with Crippen LogP contribution < -0.4 is 10.1 Å². The summed E-state index contributed by atoms with van der Waals surface area (Å²) in [5.41, 5.74) is 1.86. The third-order valence-electron chi connectivity index (χ3n) is 2.87. The number of methoxy groups -OCH3 is 1. The Hall–Kier alpha value is -2.01. The van der Waals surface area contributed by atoms with Crippen molar-refractivity contribution in [3.63, 3.8) is 0 Å². The van der Waals surface area contributed by atoms with Crippen molar-refractivity contribution in [3.05, 3.63) is 52.0 Å². The summed E-state index contributed by atoms with van der Waals surface area (Å²) in [6.45, 7) is 1.77. The van der Waals surface area contributed by atoms with Crippen LogP contribution in [-0.2, 0) is 0 Å². The maximum Gasteiger partial charge on any atom is 0.255 e. The minimum absolute atomic E-state index is 0.204. The Bertz CT molecular complexity index is 656. The van der Waals surface area contributed by atoms with Crippen LogP contribution >= 0.6 is 15.9 Å². The fraction of sp³-hybridized carbons (Fsp3) is 0.133. The van der Waals surface area contributed by atoms with Crippen LogP contribution in [0.2, 0.25) is 0 Å². The van der Waals surface area contributed by atoms with Gasteiger partial charge in [-0.1, -0.05) is 0 Å². The molecule has 5 heteroatoms. The Balaban J connectivity index is 2.19. The molecule has 2 aromatic rings. The van der Waals surface area contributed by atoms with Gasteiger partial charge < -0.3 is 15.2 Å². The molecule has 0 aromatic heterocycles. The number of phenolic OH excluding ortho intramolecular Hbond substituents is 1. The zero-order valence-corrected chi connectivity index (χ0v) is 12.7. The van der Waals surface area contributed by atoms with E-state index in [-0.39, 0.29) is 11.7 Å². The molecule has 4 nitrogen and oxygen atoms in total. The number of halogens is 1. The molecular formula is C15H14BrNO3. The van der Waals surface area contributed by atoms with E-state index in [1.165, 1.54) is 0 Å². The van der Waals surface area contributed by atoms with Gasteiger partial charge in [0.1, 0.15) is 11.5 Å². The molecule has 0 saturated carbocycles. The number of carbonyl (C=O) groups excluding carboxylic acids is 1. The first-order valence-corrected chi connectivity index (χ1v) is 6.75. The van der Waals surface area contributed by atoms with Crippen molar-refractivity contribution in [1.29, 1.82) is 0 Å². The largest absolute Gasteiger partial charge is 0.508 e. The summed E-state index contributed by atoms with van der Waals surface area (Å²) in [5.74, 6) is 0.649. The van der Waals surface area contributed by atoms with Gasteiger partial charge in [-0.15, -0.1) is 0 Å². The molecule has 0 bridgehead atoms. The van der Waals surface area contributed by atoms with Crippen LogP contribution in [0.5, 0.6) is 11.5 Å². The molecule has 20 heavy (non-hydrogen) atoms. The molecule has 0 radical (unpaired) electrons. The van der Waals surface area contributed by atoms with Gasteiger partial charge in [-0.25, -0.2) is 0 Å². The molecule has 0 unspecified atom stereocenters. The Morgan fingerprint density at radius 2 is 2.00 bits per heavy atom. The van der Waals surface area contributed by atoms with Gasteiger partial charge in [-0.2, -0.15) is 0 Å². The van der Waals surface area contributed by atoms with E-state index in [4.69, 9.17) is 4.74 Å². The van der Waals surface area contributed by atoms with E-state index in [2.05, 4.69) is 21.2 Å². The number of benzene rings is 2. The monoisotopic (exact) mass is 335 g/mol. The Morgan fingerprint density at radius 3 is 2.60 bits per heavy atom. The van der Waals surface area contributed by atoms with Crippen LogP contribution in [0.4, 0.5) is 5.69 Å². The minimum atomic E-state index is -0.224. The second-order valence-corrected chi connectivity index (χ2v) is 5.16. The van der Waals surface area contributed by atoms with E-state index in [1.54, 1.807) is 50.4 Å². The fourth-order valence-electron chi connectivity index (χ4n) is 1.74. The third-order valence-corrected chi connectivity index (χ3v) is 3.49. The van der Waals surface area contributed by atoms with Crippen LogP contribution in [0, 0.1) is 6.92 Å². The molecule has 0 atom stereocenters. The molecule has 0 aliphatic rings. The number of phenols is 1. The molecule has 1 amide bonds. The van der Waals surface area contributed by atoms with Gasteiger partial charge >= 0.3 is 0 Å². The lowest BCUT2D eigenvalue weighted by atomic mass is 10.1. The van der Waals surface area contributed by atoms with E-state index in [0.29, 0.717) is 22.6 Å². The molecule has 2 aromatic carbocycles. The van der Waals surface area contributed by atoms with Crippen molar-refractivity contribution in [2.24, 2.45) is 0 Å². The van der Waals surface area contributed by atoms with E-state index >= 15 is 0 Å². The zero-order valence-electron chi connectivity index (χ0n) is 11.1. The van der Waals surface area contributed by atoms with Gasteiger partial charge in [0.15, 0.2) is 0 Å². The lowest BCUT2D eigenvalue weighted by Gasteiger charge is -2.09. The first-order valence-electron chi connectivity index (χ1n) is 5.96. The number of ether oxygens (including phenoxy) is 1. The van der Waals surface area contributed by atoms with Crippen molar-refractivity contribution in [2.75, 3.05) is 12.4 Å². The number of hydrogen-bond acceptors (Lipinski definition) is 3. The number of nitrogens with one attached hydrogen (secondary N) is 1. The predicted octanol–water partition coefficient (Wildman–Crippen LogP) is 3.72. The normalized spacial score (nSPS) is 10.2. The third kappa shape index (κ3) is 3.11. The summed E-state index contributed by atoms with van der Waals surface area (Å²) in [6.07, 6.45) is 0. The molecule has 0 aliphatic heterocycles. The average molecular weight is 336 g/mol. The summed E-state index contributed by atoms with van der Waals surface area (Å²) in [5, 5.41) is 12.2. The number of carbonyl (C=O) groups is 1. The number of amides is 1. The predicted molar refractivity (Wildman–Crippen MR) is 81.5 cm³/mol. The summed E-state index contributed by atoms with van der Waals surface area (Å²) >= 11 is 3.34. The molecule has 0 fully saturated rings. The van der Waals surface area contributed by atoms with Crippen molar-refractivity contribution < 1.29 is 14.6 Å². The van der Waals surface area contributed by atoms with Crippen molar-refractivity contribution in [3.8, 4) is 11.5 Å². The molecule has 0 saturated heterocycles. The van der Waals surface area contributed by atoms with Crippen molar-refractivity contribution in [1.82, 2.24) is 0 Å². The highest BCUT2D eigenvalue weighted by atomic mass is 79.9. The van der Waals surface area contributed by atoms with E-state index in [1.807, 2.05) is 0 Å². The van der Waals surface area contributed by atoms with Crippen LogP contribution in [0.3, 0.4) is 0 Å². The quantitative estimate of drug-likeness (QED) is 0.840. The standard InChI is InChI=1S/C15H14BrNO3/c1-9-7-11(4-5-13(9)18)17-15(19)10-3-6-14(20-2)12(16)8-10/h3-8,18H,1-2H3,(H,17,19). The lowest BCUT2D eigenvalue weighted by molar-refractivity contribution is 0.102. The highest BCUT2D eigenvalue weighted by Crippen LogP contribution is 2.26. The van der Waals surface area contributed by atoms with Crippen LogP contribution in [0.15, 0.2) is 40.9 Å². The number of rotatable bonds is 3. The smallest absolute Gasteiger partial charge is 0.255 e. The summed E-state index contributed by atoms with van der Waals surface area (Å²) < 4.78 is 5.84. The first-order chi connectivity index (χ1) is 9.51. The minimum Gasteiger partial charge on any atom is -0.508 e. The van der Waals surface area contributed by atoms with Gasteiger partial charge in [-0.3, -0.25) is 4.79 Å². The summed E-state index contributed by atoms with van der Waals surface area (Å²) in [7, 11) is 1.57. The van der Waals surface area contributed by atoms with Gasteiger partial charge in [-0.05, 0) is 64.8 Å². The zero-order chi connectivity index (χ0) is 14.7. The van der Waals surface area contributed by atoms with E-state index in [0.717, 1.165) is 4.47 Å². The van der Waals surface area contributed by atoms with Crippen molar-refractivity contribution >= 4 is 27.5 Å². The van der Waals surface area contributed by atoms with Crippen LogP contribution in [-0.4, -0.2) is 18.1 Å². The molecule has 2 rings (SSSR count). The highest BCUT2D eigenvalue weighted by molar-refractivity contribution is 9.10. The van der Waals surface area contributed by atoms with Gasteiger partial charge in [0, 0.05) is 11.3 Å². The molecule has 0 aliphatic carbocycles. The lowest BCUT2D eigenvalue weighted by Crippen LogP contribution is -2.12. The molecule has 0 heterocycles. The SMILES string of the molecule is COc1ccc(C(=O)Nc2ccc(O)c(C)c2)cc1Br. The first kappa shape index (κ1) is 14.4. The molecule has 2 N–H and O–H groups in total. The average Bonchev–Trinajstić information content (AvgIpc) is 2.42. The van der Waals surface area contributed by atoms with Crippen molar-refractivity contribution in [2.45, 2.75) is 6.92 Å². The second-order valence-electron chi connectivity index (χ2n) is 4.30. The van der Waals surface area contributed by atoms with Gasteiger partial charge in [0.25, 0.3) is 5.91 Å². The fourth-order valence-corrected chi connectivity index (χ4v) is 2.28. The van der Waals surface area contributed by atoms with E-state index < -0.39 is 0 Å².